The zero-order chi connectivity index (χ0) is 19.1. The number of carbonyl (C=O) groups excluding carboxylic acids is 2. The maximum absolute atomic E-state index is 13.6. The molecule has 5 nitrogen and oxygen atoms in total. The molecule has 0 aromatic heterocycles. The van der Waals surface area contributed by atoms with E-state index in [1.54, 1.807) is 37.4 Å². The molecule has 0 saturated carbocycles. The summed E-state index contributed by atoms with van der Waals surface area (Å²) in [6.45, 7) is 0.0832. The molecule has 0 aliphatic rings. The molecule has 26 heavy (non-hydrogen) atoms. The number of rotatable bonds is 8. The van der Waals surface area contributed by atoms with E-state index in [2.05, 4.69) is 0 Å². The van der Waals surface area contributed by atoms with Crippen molar-refractivity contribution in [1.82, 2.24) is 4.90 Å². The summed E-state index contributed by atoms with van der Waals surface area (Å²) in [5.41, 5.74) is 0.616. The Morgan fingerprint density at radius 2 is 1.88 bits per heavy atom. The van der Waals surface area contributed by atoms with Gasteiger partial charge in [-0.25, -0.2) is 4.39 Å². The second-order valence-electron chi connectivity index (χ2n) is 5.97. The van der Waals surface area contributed by atoms with Crippen molar-refractivity contribution in [2.75, 3.05) is 20.7 Å². The van der Waals surface area contributed by atoms with Crippen LogP contribution in [0.5, 0.6) is 5.75 Å². The van der Waals surface area contributed by atoms with Crippen LogP contribution in [0.2, 0.25) is 0 Å². The van der Waals surface area contributed by atoms with Crippen molar-refractivity contribution < 1.29 is 23.8 Å². The normalized spacial score (nSPS) is 11.7. The minimum Gasteiger partial charge on any atom is -0.497 e. The van der Waals surface area contributed by atoms with Crippen molar-refractivity contribution in [3.05, 3.63) is 65.5 Å². The van der Waals surface area contributed by atoms with E-state index < -0.39 is 17.7 Å². The van der Waals surface area contributed by atoms with Gasteiger partial charge in [0, 0.05) is 19.9 Å². The van der Waals surface area contributed by atoms with Gasteiger partial charge in [0.1, 0.15) is 11.6 Å². The smallest absolute Gasteiger partial charge is 0.222 e. The van der Waals surface area contributed by atoms with E-state index in [1.165, 1.54) is 30.2 Å². The molecule has 0 aliphatic heterocycles. The number of aliphatic hydroxyl groups excluding tert-OH is 1. The highest BCUT2D eigenvalue weighted by molar-refractivity contribution is 5.98. The van der Waals surface area contributed by atoms with E-state index in [4.69, 9.17) is 4.74 Å². The summed E-state index contributed by atoms with van der Waals surface area (Å²) >= 11 is 0. The molecule has 138 valence electrons. The van der Waals surface area contributed by atoms with Gasteiger partial charge >= 0.3 is 0 Å². The highest BCUT2D eigenvalue weighted by Gasteiger charge is 2.18. The molecule has 6 heteroatoms. The molecule has 0 spiro atoms. The van der Waals surface area contributed by atoms with E-state index in [9.17, 15) is 19.1 Å². The number of likely N-dealkylation sites (N-methyl/N-ethyl adjacent to an activating group) is 1. The molecule has 0 radical (unpaired) electrons. The lowest BCUT2D eigenvalue weighted by atomic mass is 10.1. The first kappa shape index (κ1) is 19.6. The number of hydrogen-bond donors (Lipinski definition) is 1. The van der Waals surface area contributed by atoms with Crippen LogP contribution in [0.1, 0.15) is 34.9 Å². The Labute approximate surface area is 152 Å². The van der Waals surface area contributed by atoms with Gasteiger partial charge in [-0.05, 0) is 29.8 Å². The van der Waals surface area contributed by atoms with Crippen molar-refractivity contribution in [2.45, 2.75) is 18.9 Å². The van der Waals surface area contributed by atoms with Crippen LogP contribution in [0.4, 0.5) is 4.39 Å². The first-order chi connectivity index (χ1) is 12.4. The molecule has 0 bridgehead atoms. The van der Waals surface area contributed by atoms with Gasteiger partial charge < -0.3 is 14.7 Å². The van der Waals surface area contributed by atoms with Gasteiger partial charge in [0.05, 0.1) is 25.3 Å². The zero-order valence-corrected chi connectivity index (χ0v) is 14.8. The first-order valence-corrected chi connectivity index (χ1v) is 8.26. The molecule has 2 aromatic rings. The Bertz CT molecular complexity index is 778. The lowest BCUT2D eigenvalue weighted by Crippen LogP contribution is -2.31. The molecule has 0 aliphatic carbocycles. The number of methoxy groups -OCH3 is 1. The minimum absolute atomic E-state index is 0.0145. The van der Waals surface area contributed by atoms with Gasteiger partial charge in [-0.15, -0.1) is 0 Å². The summed E-state index contributed by atoms with van der Waals surface area (Å²) in [6, 6.07) is 12.7. The maximum Gasteiger partial charge on any atom is 0.222 e. The van der Waals surface area contributed by atoms with Crippen LogP contribution < -0.4 is 4.74 Å². The lowest BCUT2D eigenvalue weighted by Gasteiger charge is -2.21. The number of nitrogens with zero attached hydrogens (tertiary/aromatic N) is 1. The molecule has 1 amide bonds. The third-order valence-electron chi connectivity index (χ3n) is 4.09. The topological polar surface area (TPSA) is 66.8 Å². The van der Waals surface area contributed by atoms with Crippen LogP contribution in [-0.4, -0.2) is 42.4 Å². The van der Waals surface area contributed by atoms with E-state index in [0.29, 0.717) is 11.3 Å². The van der Waals surface area contributed by atoms with Crippen molar-refractivity contribution in [3.63, 3.8) is 0 Å². The molecule has 1 unspecified atom stereocenters. The van der Waals surface area contributed by atoms with Gasteiger partial charge in [0.2, 0.25) is 5.91 Å². The number of ether oxygens (including phenoxy) is 1. The average Bonchev–Trinajstić information content (AvgIpc) is 2.66. The van der Waals surface area contributed by atoms with E-state index in [0.717, 1.165) is 0 Å². The van der Waals surface area contributed by atoms with Crippen molar-refractivity contribution in [3.8, 4) is 5.75 Å². The molecule has 0 fully saturated rings. The molecule has 2 rings (SSSR count). The van der Waals surface area contributed by atoms with Crippen LogP contribution in [-0.2, 0) is 4.79 Å². The Hall–Kier alpha value is -2.73. The number of benzene rings is 2. The van der Waals surface area contributed by atoms with Crippen LogP contribution >= 0.6 is 0 Å². The Kier molecular flexibility index (Phi) is 6.86. The summed E-state index contributed by atoms with van der Waals surface area (Å²) in [5.74, 6) is -0.687. The highest BCUT2D eigenvalue weighted by Crippen LogP contribution is 2.20. The number of ketones is 1. The fourth-order valence-electron chi connectivity index (χ4n) is 2.55. The summed E-state index contributed by atoms with van der Waals surface area (Å²) in [4.78, 5) is 25.6. The summed E-state index contributed by atoms with van der Waals surface area (Å²) in [7, 11) is 3.09. The van der Waals surface area contributed by atoms with Crippen LogP contribution in [0, 0.1) is 5.82 Å². The SMILES string of the molecule is COc1cccc(C(O)CN(C)C(=O)CCC(=O)c2ccccc2F)c1. The van der Waals surface area contributed by atoms with Crippen molar-refractivity contribution >= 4 is 11.7 Å². The number of carbonyl (C=O) groups is 2. The lowest BCUT2D eigenvalue weighted by molar-refractivity contribution is -0.131. The Morgan fingerprint density at radius 3 is 2.58 bits per heavy atom. The quantitative estimate of drug-likeness (QED) is 0.736. The van der Waals surface area contributed by atoms with Gasteiger partial charge in [-0.1, -0.05) is 24.3 Å². The largest absolute Gasteiger partial charge is 0.497 e. The second kappa shape index (κ2) is 9.10. The van der Waals surface area contributed by atoms with Gasteiger partial charge in [0.25, 0.3) is 0 Å². The van der Waals surface area contributed by atoms with Crippen LogP contribution in [0.25, 0.3) is 0 Å². The monoisotopic (exact) mass is 359 g/mol. The number of halogens is 1. The molecule has 0 saturated heterocycles. The Morgan fingerprint density at radius 1 is 1.15 bits per heavy atom. The zero-order valence-electron chi connectivity index (χ0n) is 14.8. The molecular formula is C20H22FNO4. The van der Waals surface area contributed by atoms with Crippen LogP contribution in [0.15, 0.2) is 48.5 Å². The van der Waals surface area contributed by atoms with E-state index in [1.807, 2.05) is 0 Å². The van der Waals surface area contributed by atoms with Crippen molar-refractivity contribution in [2.24, 2.45) is 0 Å². The van der Waals surface area contributed by atoms with Crippen molar-refractivity contribution in [1.29, 1.82) is 0 Å². The molecule has 1 N–H and O–H groups in total. The van der Waals surface area contributed by atoms with Gasteiger partial charge in [-0.2, -0.15) is 0 Å². The minimum atomic E-state index is -0.874. The summed E-state index contributed by atoms with van der Waals surface area (Å²) < 4.78 is 18.7. The standard InChI is InChI=1S/C20H22FNO4/c1-22(13-19(24)14-6-5-7-15(12-14)26-2)20(25)11-10-18(23)16-8-3-4-9-17(16)21/h3-9,12,19,24H,10-11,13H2,1-2H3. The van der Waals surface area contributed by atoms with E-state index >= 15 is 0 Å². The Balaban J connectivity index is 1.89. The summed E-state index contributed by atoms with van der Waals surface area (Å²) in [5, 5.41) is 10.3. The molecule has 0 heterocycles. The van der Waals surface area contributed by atoms with Crippen LogP contribution in [0.3, 0.4) is 0 Å². The predicted molar refractivity (Wildman–Crippen MR) is 95.6 cm³/mol. The van der Waals surface area contributed by atoms with E-state index in [-0.39, 0.29) is 30.9 Å². The van der Waals surface area contributed by atoms with Gasteiger partial charge in [-0.3, -0.25) is 9.59 Å². The van der Waals surface area contributed by atoms with Gasteiger partial charge in [0.15, 0.2) is 5.78 Å². The number of amides is 1. The number of aliphatic hydroxyl groups is 1. The molecular weight excluding hydrogens is 337 g/mol. The number of hydrogen-bond acceptors (Lipinski definition) is 4. The second-order valence-corrected chi connectivity index (χ2v) is 5.97. The summed E-state index contributed by atoms with van der Waals surface area (Å²) in [6.07, 6.45) is -1.00. The maximum atomic E-state index is 13.6. The molecule has 1 atom stereocenters. The first-order valence-electron chi connectivity index (χ1n) is 8.26. The third-order valence-corrected chi connectivity index (χ3v) is 4.09. The fraction of sp³-hybridized carbons (Fsp3) is 0.300. The average molecular weight is 359 g/mol. The number of Topliss-reactive ketones (excluding diaryl/α,β-unsaturated/α-hetero) is 1. The molecule has 2 aromatic carbocycles. The fourth-order valence-corrected chi connectivity index (χ4v) is 2.55. The predicted octanol–water partition coefficient (Wildman–Crippen LogP) is 2.99. The highest BCUT2D eigenvalue weighted by atomic mass is 19.1. The third kappa shape index (κ3) is 5.13.